The van der Waals surface area contributed by atoms with E-state index in [1.165, 1.54) is 0 Å². The molecule has 4 atom stereocenters. The first-order valence-corrected chi connectivity index (χ1v) is 6.63. The second-order valence-electron chi connectivity index (χ2n) is 5.36. The van der Waals surface area contributed by atoms with Crippen molar-refractivity contribution in [3.8, 4) is 0 Å². The van der Waals surface area contributed by atoms with E-state index in [1.807, 2.05) is 35.2 Å². The number of nitrogens with zero attached hydrogens (tertiary/aromatic N) is 1. The smallest absolute Gasteiger partial charge is 0.230 e. The number of nitrogens with one attached hydrogen (secondary N) is 1. The van der Waals surface area contributed by atoms with Crippen molar-refractivity contribution in [2.75, 3.05) is 6.54 Å². The fraction of sp³-hybridized carbons (Fsp3) is 0.500. The van der Waals surface area contributed by atoms with Crippen molar-refractivity contribution in [2.24, 2.45) is 5.92 Å². The zero-order chi connectivity index (χ0) is 12.1. The summed E-state index contributed by atoms with van der Waals surface area (Å²) >= 11 is 0. The van der Waals surface area contributed by atoms with Gasteiger partial charge in [-0.2, -0.15) is 5.48 Å². The van der Waals surface area contributed by atoms with Crippen molar-refractivity contribution in [3.63, 3.8) is 0 Å². The SMILES string of the molecule is O=C1[C@@H]2[C@@H](NO[C@H]2c2ccccc2)[C@@H]2CCCN12. The highest BCUT2D eigenvalue weighted by Crippen LogP contribution is 2.44. The molecule has 1 N–H and O–H groups in total. The third-order valence-electron chi connectivity index (χ3n) is 4.45. The van der Waals surface area contributed by atoms with E-state index in [0.717, 1.165) is 24.9 Å². The Morgan fingerprint density at radius 1 is 1.28 bits per heavy atom. The first-order chi connectivity index (χ1) is 8.86. The van der Waals surface area contributed by atoms with Crippen molar-refractivity contribution in [1.29, 1.82) is 0 Å². The second-order valence-corrected chi connectivity index (χ2v) is 5.36. The molecule has 1 amide bonds. The number of hydrogen-bond donors (Lipinski definition) is 1. The van der Waals surface area contributed by atoms with Gasteiger partial charge in [0.05, 0.1) is 18.0 Å². The Kier molecular flexibility index (Phi) is 2.22. The van der Waals surface area contributed by atoms with Crippen molar-refractivity contribution in [3.05, 3.63) is 35.9 Å². The Morgan fingerprint density at radius 2 is 2.11 bits per heavy atom. The van der Waals surface area contributed by atoms with Gasteiger partial charge in [-0.1, -0.05) is 30.3 Å². The zero-order valence-corrected chi connectivity index (χ0v) is 10.1. The molecule has 0 saturated carbocycles. The fourth-order valence-electron chi connectivity index (χ4n) is 3.64. The minimum Gasteiger partial charge on any atom is -0.338 e. The molecular formula is C14H16N2O2. The van der Waals surface area contributed by atoms with Crippen molar-refractivity contribution in [2.45, 2.75) is 31.0 Å². The Morgan fingerprint density at radius 3 is 2.94 bits per heavy atom. The summed E-state index contributed by atoms with van der Waals surface area (Å²) in [5.41, 5.74) is 4.20. The van der Waals surface area contributed by atoms with E-state index in [-0.39, 0.29) is 24.0 Å². The Balaban J connectivity index is 1.68. The number of rotatable bonds is 1. The number of hydroxylamine groups is 1. The van der Waals surface area contributed by atoms with Crippen LogP contribution in [0.3, 0.4) is 0 Å². The van der Waals surface area contributed by atoms with Crippen LogP contribution in [0.5, 0.6) is 0 Å². The summed E-state index contributed by atoms with van der Waals surface area (Å²) in [6, 6.07) is 10.6. The standard InChI is InChI=1S/C14H16N2O2/c17-14-11-12(10-7-4-8-16(10)14)15-18-13(11)9-5-2-1-3-6-9/h1-3,5-6,10-13,15H,4,7-8H2/t10-,11+,12-,13-/m0/s1. The molecule has 3 fully saturated rings. The van der Waals surface area contributed by atoms with Crippen molar-refractivity contribution in [1.82, 2.24) is 10.4 Å². The molecule has 3 saturated heterocycles. The molecule has 4 rings (SSSR count). The first kappa shape index (κ1) is 10.5. The van der Waals surface area contributed by atoms with Crippen LogP contribution in [0, 0.1) is 5.92 Å². The van der Waals surface area contributed by atoms with E-state index in [1.54, 1.807) is 0 Å². The van der Waals surface area contributed by atoms with Crippen LogP contribution in [0.15, 0.2) is 30.3 Å². The quantitative estimate of drug-likeness (QED) is 0.808. The maximum Gasteiger partial charge on any atom is 0.230 e. The summed E-state index contributed by atoms with van der Waals surface area (Å²) < 4.78 is 0. The molecule has 0 spiro atoms. The average molecular weight is 244 g/mol. The van der Waals surface area contributed by atoms with Crippen LogP contribution in [0.4, 0.5) is 0 Å². The molecule has 1 aromatic carbocycles. The molecule has 18 heavy (non-hydrogen) atoms. The van der Waals surface area contributed by atoms with Gasteiger partial charge >= 0.3 is 0 Å². The lowest BCUT2D eigenvalue weighted by Crippen LogP contribution is -2.37. The van der Waals surface area contributed by atoms with Crippen molar-refractivity contribution < 1.29 is 9.63 Å². The van der Waals surface area contributed by atoms with Gasteiger partial charge in [0.25, 0.3) is 0 Å². The Hall–Kier alpha value is -1.39. The zero-order valence-electron chi connectivity index (χ0n) is 10.1. The lowest BCUT2D eigenvalue weighted by Gasteiger charge is -2.20. The summed E-state index contributed by atoms with van der Waals surface area (Å²) in [5, 5.41) is 0. The molecule has 94 valence electrons. The molecule has 3 aliphatic rings. The predicted molar refractivity (Wildman–Crippen MR) is 65.4 cm³/mol. The monoisotopic (exact) mass is 244 g/mol. The highest BCUT2D eigenvalue weighted by atomic mass is 16.7. The van der Waals surface area contributed by atoms with Gasteiger partial charge < -0.3 is 4.90 Å². The molecule has 1 aromatic rings. The van der Waals surface area contributed by atoms with E-state index < -0.39 is 0 Å². The van der Waals surface area contributed by atoms with E-state index in [0.29, 0.717) is 6.04 Å². The van der Waals surface area contributed by atoms with Crippen LogP contribution in [-0.4, -0.2) is 29.4 Å². The highest BCUT2D eigenvalue weighted by molar-refractivity contribution is 5.84. The normalized spacial score (nSPS) is 38.0. The fourth-order valence-corrected chi connectivity index (χ4v) is 3.64. The van der Waals surface area contributed by atoms with Crippen LogP contribution in [-0.2, 0) is 9.63 Å². The van der Waals surface area contributed by atoms with Crippen LogP contribution in [0.2, 0.25) is 0 Å². The molecule has 4 nitrogen and oxygen atoms in total. The largest absolute Gasteiger partial charge is 0.338 e. The molecule has 0 radical (unpaired) electrons. The molecule has 3 heterocycles. The van der Waals surface area contributed by atoms with E-state index in [2.05, 4.69) is 5.48 Å². The molecule has 4 heteroatoms. The lowest BCUT2D eigenvalue weighted by atomic mass is 9.89. The van der Waals surface area contributed by atoms with Gasteiger partial charge in [0, 0.05) is 6.54 Å². The number of fused-ring (bicyclic) bond motifs is 3. The third-order valence-corrected chi connectivity index (χ3v) is 4.45. The lowest BCUT2D eigenvalue weighted by molar-refractivity contribution is -0.134. The molecule has 0 aromatic heterocycles. The average Bonchev–Trinajstić information content (AvgIpc) is 3.08. The molecule has 3 aliphatic heterocycles. The second kappa shape index (κ2) is 3.80. The molecule has 0 aliphatic carbocycles. The van der Waals surface area contributed by atoms with Gasteiger partial charge in [-0.25, -0.2) is 0 Å². The van der Waals surface area contributed by atoms with Crippen LogP contribution in [0.25, 0.3) is 0 Å². The number of carbonyl (C=O) groups is 1. The Labute approximate surface area is 106 Å². The highest BCUT2D eigenvalue weighted by Gasteiger charge is 2.57. The molecular weight excluding hydrogens is 228 g/mol. The third kappa shape index (κ3) is 1.30. The summed E-state index contributed by atoms with van der Waals surface area (Å²) in [5.74, 6) is 0.221. The Bertz CT molecular complexity index is 476. The van der Waals surface area contributed by atoms with Gasteiger partial charge in [-0.3, -0.25) is 9.63 Å². The van der Waals surface area contributed by atoms with Crippen molar-refractivity contribution >= 4 is 5.91 Å². The summed E-state index contributed by atoms with van der Waals surface area (Å²) in [6.45, 7) is 0.916. The molecule has 0 unspecified atom stereocenters. The number of hydrogen-bond acceptors (Lipinski definition) is 3. The summed E-state index contributed by atoms with van der Waals surface area (Å²) in [4.78, 5) is 20.2. The number of carbonyl (C=O) groups excluding carboxylic acids is 1. The van der Waals surface area contributed by atoms with E-state index in [4.69, 9.17) is 4.84 Å². The van der Waals surface area contributed by atoms with Crippen LogP contribution in [0.1, 0.15) is 24.5 Å². The maximum absolute atomic E-state index is 12.5. The minimum absolute atomic E-state index is 0.0438. The first-order valence-electron chi connectivity index (χ1n) is 6.63. The topological polar surface area (TPSA) is 41.6 Å². The van der Waals surface area contributed by atoms with Gasteiger partial charge in [0.15, 0.2) is 0 Å². The number of benzene rings is 1. The van der Waals surface area contributed by atoms with Gasteiger partial charge in [-0.05, 0) is 18.4 Å². The van der Waals surface area contributed by atoms with Crippen LogP contribution >= 0.6 is 0 Å². The van der Waals surface area contributed by atoms with E-state index in [9.17, 15) is 4.79 Å². The van der Waals surface area contributed by atoms with Gasteiger partial charge in [0.1, 0.15) is 6.10 Å². The minimum atomic E-state index is -0.130. The number of amides is 1. The van der Waals surface area contributed by atoms with Gasteiger partial charge in [-0.15, -0.1) is 0 Å². The predicted octanol–water partition coefficient (Wildman–Crippen LogP) is 1.25. The van der Waals surface area contributed by atoms with E-state index >= 15 is 0 Å². The van der Waals surface area contributed by atoms with Crippen LogP contribution < -0.4 is 5.48 Å². The summed E-state index contributed by atoms with van der Waals surface area (Å²) in [6.07, 6.45) is 2.09. The molecule has 0 bridgehead atoms. The van der Waals surface area contributed by atoms with Gasteiger partial charge in [0.2, 0.25) is 5.91 Å². The maximum atomic E-state index is 12.5. The summed E-state index contributed by atoms with van der Waals surface area (Å²) in [7, 11) is 0.